The number of anilines is 1. The SMILES string of the molecule is Cc1c(N)cn(CCSc2ccccc2)c(=O)c1Br. The van der Waals surface area contributed by atoms with E-state index in [-0.39, 0.29) is 5.56 Å². The predicted molar refractivity (Wildman–Crippen MR) is 84.7 cm³/mol. The highest BCUT2D eigenvalue weighted by atomic mass is 79.9. The first kappa shape index (κ1) is 14.2. The van der Waals surface area contributed by atoms with E-state index in [0.717, 1.165) is 11.3 Å². The maximum atomic E-state index is 12.0. The molecular weight excluding hydrogens is 324 g/mol. The van der Waals surface area contributed by atoms with Crippen molar-refractivity contribution in [3.63, 3.8) is 0 Å². The van der Waals surface area contributed by atoms with E-state index in [2.05, 4.69) is 28.1 Å². The van der Waals surface area contributed by atoms with Crippen molar-refractivity contribution in [3.8, 4) is 0 Å². The van der Waals surface area contributed by atoms with Crippen LogP contribution in [0.25, 0.3) is 0 Å². The number of aryl methyl sites for hydroxylation is 1. The van der Waals surface area contributed by atoms with Gasteiger partial charge in [0.15, 0.2) is 0 Å². The van der Waals surface area contributed by atoms with Crippen LogP contribution < -0.4 is 11.3 Å². The second kappa shape index (κ2) is 6.30. The highest BCUT2D eigenvalue weighted by Crippen LogP contribution is 2.19. The first-order chi connectivity index (χ1) is 9.09. The molecule has 100 valence electrons. The normalized spacial score (nSPS) is 10.6. The number of nitrogen functional groups attached to an aromatic ring is 1. The second-order valence-electron chi connectivity index (χ2n) is 4.18. The Kier molecular flexibility index (Phi) is 4.71. The summed E-state index contributed by atoms with van der Waals surface area (Å²) < 4.78 is 2.21. The van der Waals surface area contributed by atoms with Gasteiger partial charge in [0.2, 0.25) is 0 Å². The van der Waals surface area contributed by atoms with Crippen LogP contribution in [0.3, 0.4) is 0 Å². The Hall–Kier alpha value is -1.20. The van der Waals surface area contributed by atoms with Gasteiger partial charge in [0, 0.05) is 23.4 Å². The zero-order valence-corrected chi connectivity index (χ0v) is 13.0. The number of rotatable bonds is 4. The molecule has 0 aliphatic carbocycles. The van der Waals surface area contributed by atoms with Crippen LogP contribution in [0, 0.1) is 6.92 Å². The van der Waals surface area contributed by atoms with Crippen molar-refractivity contribution in [3.05, 3.63) is 56.9 Å². The Bertz CT molecular complexity index is 625. The van der Waals surface area contributed by atoms with Gasteiger partial charge in [0.25, 0.3) is 5.56 Å². The van der Waals surface area contributed by atoms with Crippen LogP contribution in [0.5, 0.6) is 0 Å². The van der Waals surface area contributed by atoms with Gasteiger partial charge in [-0.2, -0.15) is 0 Å². The summed E-state index contributed by atoms with van der Waals surface area (Å²) in [5, 5.41) is 0. The first-order valence-electron chi connectivity index (χ1n) is 5.92. The molecule has 0 aliphatic heterocycles. The zero-order chi connectivity index (χ0) is 13.8. The summed E-state index contributed by atoms with van der Waals surface area (Å²) in [6, 6.07) is 10.1. The largest absolute Gasteiger partial charge is 0.397 e. The molecule has 2 N–H and O–H groups in total. The predicted octanol–water partition coefficient (Wildman–Crippen LogP) is 3.29. The maximum Gasteiger partial charge on any atom is 0.265 e. The Morgan fingerprint density at radius 3 is 2.68 bits per heavy atom. The third kappa shape index (κ3) is 3.42. The van der Waals surface area contributed by atoms with E-state index in [1.807, 2.05) is 25.1 Å². The van der Waals surface area contributed by atoms with Crippen LogP contribution in [0.15, 0.2) is 50.7 Å². The average Bonchev–Trinajstić information content (AvgIpc) is 2.43. The summed E-state index contributed by atoms with van der Waals surface area (Å²) in [7, 11) is 0. The summed E-state index contributed by atoms with van der Waals surface area (Å²) in [6.07, 6.45) is 1.72. The third-order valence-corrected chi connectivity index (χ3v) is 4.78. The minimum atomic E-state index is -0.0274. The number of pyridine rings is 1. The Morgan fingerprint density at radius 2 is 2.00 bits per heavy atom. The van der Waals surface area contributed by atoms with E-state index in [0.29, 0.717) is 16.7 Å². The molecule has 0 radical (unpaired) electrons. The van der Waals surface area contributed by atoms with Gasteiger partial charge in [-0.25, -0.2) is 0 Å². The molecule has 2 rings (SSSR count). The molecule has 1 heterocycles. The van der Waals surface area contributed by atoms with Gasteiger partial charge in [-0.3, -0.25) is 4.79 Å². The van der Waals surface area contributed by atoms with Crippen molar-refractivity contribution in [1.29, 1.82) is 0 Å². The molecule has 5 heteroatoms. The molecule has 0 spiro atoms. The number of thioether (sulfide) groups is 1. The molecule has 1 aromatic heterocycles. The zero-order valence-electron chi connectivity index (χ0n) is 10.6. The molecule has 0 bridgehead atoms. The van der Waals surface area contributed by atoms with Crippen molar-refractivity contribution >= 4 is 33.4 Å². The van der Waals surface area contributed by atoms with Crippen LogP contribution in [-0.4, -0.2) is 10.3 Å². The molecular formula is C14H15BrN2OS. The van der Waals surface area contributed by atoms with Gasteiger partial charge in [0.1, 0.15) is 0 Å². The van der Waals surface area contributed by atoms with Crippen LogP contribution in [-0.2, 0) is 6.54 Å². The van der Waals surface area contributed by atoms with Crippen LogP contribution >= 0.6 is 27.7 Å². The Labute approximate surface area is 125 Å². The van der Waals surface area contributed by atoms with Gasteiger partial charge >= 0.3 is 0 Å². The summed E-state index contributed by atoms with van der Waals surface area (Å²) in [4.78, 5) is 13.2. The molecule has 19 heavy (non-hydrogen) atoms. The standard InChI is InChI=1S/C14H15BrN2OS/c1-10-12(16)9-17(14(18)13(10)15)7-8-19-11-5-3-2-4-6-11/h2-6,9H,7-8,16H2,1H3. The molecule has 0 unspecified atom stereocenters. The van der Waals surface area contributed by atoms with Gasteiger partial charge in [-0.15, -0.1) is 11.8 Å². The highest BCUT2D eigenvalue weighted by molar-refractivity contribution is 9.10. The van der Waals surface area contributed by atoms with Crippen molar-refractivity contribution in [2.24, 2.45) is 0 Å². The van der Waals surface area contributed by atoms with E-state index in [4.69, 9.17) is 5.73 Å². The van der Waals surface area contributed by atoms with Crippen molar-refractivity contribution < 1.29 is 0 Å². The number of hydrogen-bond donors (Lipinski definition) is 1. The van der Waals surface area contributed by atoms with E-state index in [1.165, 1.54) is 4.90 Å². The van der Waals surface area contributed by atoms with Crippen LogP contribution in [0.4, 0.5) is 5.69 Å². The number of aromatic nitrogens is 1. The minimum Gasteiger partial charge on any atom is -0.397 e. The molecule has 1 aromatic carbocycles. The van der Waals surface area contributed by atoms with Gasteiger partial charge in [-0.05, 0) is 40.5 Å². The maximum absolute atomic E-state index is 12.0. The molecule has 3 nitrogen and oxygen atoms in total. The summed E-state index contributed by atoms with van der Waals surface area (Å²) in [5.41, 5.74) is 7.29. The molecule has 0 atom stereocenters. The fourth-order valence-electron chi connectivity index (χ4n) is 1.68. The number of halogens is 1. The lowest BCUT2D eigenvalue weighted by Crippen LogP contribution is -2.23. The summed E-state index contributed by atoms with van der Waals surface area (Å²) in [5.74, 6) is 0.832. The number of nitrogens with zero attached hydrogens (tertiary/aromatic N) is 1. The average molecular weight is 339 g/mol. The molecule has 0 amide bonds. The third-order valence-electron chi connectivity index (χ3n) is 2.85. The molecule has 0 saturated carbocycles. The van der Waals surface area contributed by atoms with E-state index >= 15 is 0 Å². The van der Waals surface area contributed by atoms with Crippen molar-refractivity contribution in [1.82, 2.24) is 4.57 Å². The summed E-state index contributed by atoms with van der Waals surface area (Å²) >= 11 is 5.02. The van der Waals surface area contributed by atoms with Gasteiger partial charge < -0.3 is 10.3 Å². The van der Waals surface area contributed by atoms with Crippen molar-refractivity contribution in [2.75, 3.05) is 11.5 Å². The number of benzene rings is 1. The van der Waals surface area contributed by atoms with Crippen LogP contribution in [0.1, 0.15) is 5.56 Å². The molecule has 0 aliphatic rings. The number of nitrogens with two attached hydrogens (primary N) is 1. The Balaban J connectivity index is 2.07. The van der Waals surface area contributed by atoms with Gasteiger partial charge in [0.05, 0.1) is 10.2 Å². The lowest BCUT2D eigenvalue weighted by atomic mass is 10.2. The van der Waals surface area contributed by atoms with Crippen molar-refractivity contribution in [2.45, 2.75) is 18.4 Å². The molecule has 2 aromatic rings. The Morgan fingerprint density at radius 1 is 1.32 bits per heavy atom. The fraction of sp³-hybridized carbons (Fsp3) is 0.214. The monoisotopic (exact) mass is 338 g/mol. The molecule has 0 saturated heterocycles. The summed E-state index contributed by atoms with van der Waals surface area (Å²) in [6.45, 7) is 2.48. The lowest BCUT2D eigenvalue weighted by Gasteiger charge is -2.10. The van der Waals surface area contributed by atoms with Gasteiger partial charge in [-0.1, -0.05) is 18.2 Å². The molecule has 0 fully saturated rings. The van der Waals surface area contributed by atoms with E-state index in [1.54, 1.807) is 22.5 Å². The first-order valence-corrected chi connectivity index (χ1v) is 7.70. The highest BCUT2D eigenvalue weighted by Gasteiger charge is 2.08. The topological polar surface area (TPSA) is 48.0 Å². The van der Waals surface area contributed by atoms with Crippen LogP contribution in [0.2, 0.25) is 0 Å². The smallest absolute Gasteiger partial charge is 0.265 e. The quantitative estimate of drug-likeness (QED) is 0.870. The lowest BCUT2D eigenvalue weighted by molar-refractivity contribution is 0.731. The van der Waals surface area contributed by atoms with E-state index in [9.17, 15) is 4.79 Å². The fourth-order valence-corrected chi connectivity index (χ4v) is 3.01. The van der Waals surface area contributed by atoms with E-state index < -0.39 is 0 Å². The minimum absolute atomic E-state index is 0.0274. The second-order valence-corrected chi connectivity index (χ2v) is 6.14. The number of hydrogen-bond acceptors (Lipinski definition) is 3.